The van der Waals surface area contributed by atoms with Gasteiger partial charge >= 0.3 is 6.09 Å². The van der Waals surface area contributed by atoms with Crippen LogP contribution in [-0.4, -0.2) is 29.6 Å². The van der Waals surface area contributed by atoms with Crippen LogP contribution in [0, 0.1) is 5.41 Å². The van der Waals surface area contributed by atoms with E-state index in [9.17, 15) is 9.59 Å². The number of hydrogen-bond acceptors (Lipinski definition) is 5. The fourth-order valence-electron chi connectivity index (χ4n) is 2.32. The van der Waals surface area contributed by atoms with Crippen LogP contribution in [0.1, 0.15) is 36.8 Å². The standard InChI is InChI=1S/C20H24ClN3O4/c1-20(2,3)16(12-28-19(22)26)24-18(25)17-15(5-4-10-23-17)27-11-13-6-8-14(21)9-7-13/h4-10,16H,11-12H2,1-3H3,(H2,22,26)(H,24,25). The van der Waals surface area contributed by atoms with Crippen LogP contribution in [0.4, 0.5) is 4.79 Å². The fraction of sp³-hybridized carbons (Fsp3) is 0.350. The number of nitrogens with two attached hydrogens (primary N) is 1. The molecule has 1 unspecified atom stereocenters. The third-order valence-corrected chi connectivity index (χ3v) is 4.29. The average molecular weight is 406 g/mol. The Balaban J connectivity index is 2.11. The second-order valence-corrected chi connectivity index (χ2v) is 7.72. The summed E-state index contributed by atoms with van der Waals surface area (Å²) in [5.74, 6) is -0.0851. The number of benzene rings is 1. The molecule has 28 heavy (non-hydrogen) atoms. The van der Waals surface area contributed by atoms with Gasteiger partial charge < -0.3 is 20.5 Å². The van der Waals surface area contributed by atoms with Crippen molar-refractivity contribution in [2.45, 2.75) is 33.4 Å². The quantitative estimate of drug-likeness (QED) is 0.733. The van der Waals surface area contributed by atoms with Gasteiger partial charge in [0.25, 0.3) is 5.91 Å². The van der Waals surface area contributed by atoms with E-state index in [1.54, 1.807) is 24.3 Å². The van der Waals surface area contributed by atoms with Gasteiger partial charge in [-0.05, 0) is 35.2 Å². The molecular weight excluding hydrogens is 382 g/mol. The predicted molar refractivity (Wildman–Crippen MR) is 106 cm³/mol. The van der Waals surface area contributed by atoms with E-state index in [1.807, 2.05) is 32.9 Å². The van der Waals surface area contributed by atoms with Crippen molar-refractivity contribution in [2.75, 3.05) is 6.61 Å². The zero-order valence-corrected chi connectivity index (χ0v) is 16.8. The van der Waals surface area contributed by atoms with Crippen molar-refractivity contribution >= 4 is 23.6 Å². The van der Waals surface area contributed by atoms with Crippen LogP contribution in [0.15, 0.2) is 42.6 Å². The normalized spacial score (nSPS) is 12.1. The number of carbonyl (C=O) groups excluding carboxylic acids is 2. The van der Waals surface area contributed by atoms with Crippen molar-refractivity contribution in [3.63, 3.8) is 0 Å². The molecule has 0 aliphatic rings. The number of amides is 2. The van der Waals surface area contributed by atoms with E-state index in [2.05, 4.69) is 10.3 Å². The molecule has 0 radical (unpaired) electrons. The van der Waals surface area contributed by atoms with E-state index in [0.29, 0.717) is 10.8 Å². The maximum absolute atomic E-state index is 12.8. The number of aromatic nitrogens is 1. The minimum absolute atomic E-state index is 0.0433. The highest BCUT2D eigenvalue weighted by molar-refractivity contribution is 6.30. The lowest BCUT2D eigenvalue weighted by Crippen LogP contribution is -2.47. The van der Waals surface area contributed by atoms with Crippen LogP contribution in [0.25, 0.3) is 0 Å². The largest absolute Gasteiger partial charge is 0.486 e. The Labute approximate surface area is 169 Å². The number of primary amides is 1. The van der Waals surface area contributed by atoms with Crippen LogP contribution in [-0.2, 0) is 11.3 Å². The average Bonchev–Trinajstić information content (AvgIpc) is 2.63. The van der Waals surface area contributed by atoms with E-state index in [4.69, 9.17) is 26.8 Å². The molecule has 0 aliphatic carbocycles. The molecule has 3 N–H and O–H groups in total. The fourth-order valence-corrected chi connectivity index (χ4v) is 2.45. The van der Waals surface area contributed by atoms with Crippen molar-refractivity contribution in [1.29, 1.82) is 0 Å². The second-order valence-electron chi connectivity index (χ2n) is 7.29. The Bertz CT molecular complexity index is 819. The Morgan fingerprint density at radius 3 is 2.50 bits per heavy atom. The van der Waals surface area contributed by atoms with Gasteiger partial charge in [0.15, 0.2) is 11.4 Å². The number of nitrogens with zero attached hydrogens (tertiary/aromatic N) is 1. The Kier molecular flexibility index (Phi) is 7.23. The van der Waals surface area contributed by atoms with Crippen molar-refractivity contribution < 1.29 is 19.1 Å². The third kappa shape index (κ3) is 6.42. The van der Waals surface area contributed by atoms with Crippen LogP contribution in [0.3, 0.4) is 0 Å². The molecule has 0 fully saturated rings. The second kappa shape index (κ2) is 9.41. The first-order valence-corrected chi connectivity index (χ1v) is 9.10. The molecule has 0 saturated heterocycles. The van der Waals surface area contributed by atoms with Crippen LogP contribution >= 0.6 is 11.6 Å². The molecule has 0 aliphatic heterocycles. The molecule has 1 atom stereocenters. The van der Waals surface area contributed by atoms with Gasteiger partial charge in [0.2, 0.25) is 0 Å². The summed E-state index contributed by atoms with van der Waals surface area (Å²) in [4.78, 5) is 27.9. The molecule has 1 aromatic carbocycles. The lowest BCUT2D eigenvalue weighted by atomic mass is 9.87. The summed E-state index contributed by atoms with van der Waals surface area (Å²) < 4.78 is 10.7. The molecule has 0 saturated carbocycles. The van der Waals surface area contributed by atoms with Gasteiger partial charge in [0, 0.05) is 11.2 Å². The van der Waals surface area contributed by atoms with Gasteiger partial charge in [-0.3, -0.25) is 4.79 Å². The molecule has 150 valence electrons. The summed E-state index contributed by atoms with van der Waals surface area (Å²) in [6.45, 7) is 5.96. The zero-order valence-electron chi connectivity index (χ0n) is 16.1. The summed E-state index contributed by atoms with van der Waals surface area (Å²) in [7, 11) is 0. The molecule has 2 aromatic rings. The van der Waals surface area contributed by atoms with Crippen LogP contribution in [0.5, 0.6) is 5.75 Å². The molecule has 1 aromatic heterocycles. The summed E-state index contributed by atoms with van der Waals surface area (Å²) in [6.07, 6.45) is 0.615. The number of carbonyl (C=O) groups is 2. The maximum atomic E-state index is 12.8. The molecule has 1 heterocycles. The highest BCUT2D eigenvalue weighted by atomic mass is 35.5. The van der Waals surface area contributed by atoms with Gasteiger partial charge in [0.05, 0.1) is 6.04 Å². The summed E-state index contributed by atoms with van der Waals surface area (Å²) in [6, 6.07) is 10.1. The third-order valence-electron chi connectivity index (χ3n) is 4.04. The number of halogens is 1. The van der Waals surface area contributed by atoms with E-state index < -0.39 is 18.0 Å². The first-order chi connectivity index (χ1) is 13.2. The lowest BCUT2D eigenvalue weighted by molar-refractivity contribution is 0.0795. The van der Waals surface area contributed by atoms with Gasteiger partial charge in [0.1, 0.15) is 13.2 Å². The molecule has 0 spiro atoms. The molecule has 2 amide bonds. The Hall–Kier alpha value is -2.80. The Morgan fingerprint density at radius 2 is 1.89 bits per heavy atom. The first kappa shape index (κ1) is 21.5. The number of hydrogen-bond donors (Lipinski definition) is 2. The molecule has 2 rings (SSSR count). The highest BCUT2D eigenvalue weighted by Gasteiger charge is 2.29. The summed E-state index contributed by atoms with van der Waals surface area (Å²) in [5, 5.41) is 3.48. The van der Waals surface area contributed by atoms with E-state index >= 15 is 0 Å². The van der Waals surface area contributed by atoms with E-state index in [1.165, 1.54) is 6.20 Å². The van der Waals surface area contributed by atoms with Crippen molar-refractivity contribution in [3.05, 3.63) is 58.9 Å². The van der Waals surface area contributed by atoms with Gasteiger partial charge in [-0.15, -0.1) is 0 Å². The van der Waals surface area contributed by atoms with Crippen molar-refractivity contribution in [3.8, 4) is 5.75 Å². The first-order valence-electron chi connectivity index (χ1n) is 8.72. The predicted octanol–water partition coefficient (Wildman–Crippen LogP) is 3.55. The van der Waals surface area contributed by atoms with Crippen molar-refractivity contribution in [1.82, 2.24) is 10.3 Å². The molecule has 7 nitrogen and oxygen atoms in total. The summed E-state index contributed by atoms with van der Waals surface area (Å²) >= 11 is 5.88. The smallest absolute Gasteiger partial charge is 0.404 e. The summed E-state index contributed by atoms with van der Waals surface area (Å²) in [5.41, 5.74) is 5.72. The van der Waals surface area contributed by atoms with Crippen LogP contribution in [0.2, 0.25) is 5.02 Å². The highest BCUT2D eigenvalue weighted by Crippen LogP contribution is 2.22. The minimum Gasteiger partial charge on any atom is -0.486 e. The lowest BCUT2D eigenvalue weighted by Gasteiger charge is -2.30. The molecule has 8 heteroatoms. The van der Waals surface area contributed by atoms with Crippen LogP contribution < -0.4 is 15.8 Å². The number of pyridine rings is 1. The van der Waals surface area contributed by atoms with E-state index in [0.717, 1.165) is 5.56 Å². The monoisotopic (exact) mass is 405 g/mol. The van der Waals surface area contributed by atoms with Gasteiger partial charge in [-0.1, -0.05) is 44.5 Å². The maximum Gasteiger partial charge on any atom is 0.404 e. The zero-order chi connectivity index (χ0) is 20.7. The number of rotatable bonds is 7. The SMILES string of the molecule is CC(C)(C)C(COC(N)=O)NC(=O)c1ncccc1OCc1ccc(Cl)cc1. The molecular formula is C20H24ClN3O4. The minimum atomic E-state index is -0.895. The molecule has 0 bridgehead atoms. The number of nitrogens with one attached hydrogen (secondary N) is 1. The van der Waals surface area contributed by atoms with Gasteiger partial charge in [-0.2, -0.15) is 0 Å². The van der Waals surface area contributed by atoms with E-state index in [-0.39, 0.29) is 24.3 Å². The number of ether oxygens (including phenoxy) is 2. The van der Waals surface area contributed by atoms with Crippen molar-refractivity contribution in [2.24, 2.45) is 11.1 Å². The topological polar surface area (TPSA) is 104 Å². The van der Waals surface area contributed by atoms with Gasteiger partial charge in [-0.25, -0.2) is 9.78 Å². The Morgan fingerprint density at radius 1 is 1.21 bits per heavy atom.